The van der Waals surface area contributed by atoms with Gasteiger partial charge in [0.05, 0.1) is 12.8 Å². The molecule has 2 rings (SSSR count). The summed E-state index contributed by atoms with van der Waals surface area (Å²) in [7, 11) is 1.62. The van der Waals surface area contributed by atoms with Crippen molar-refractivity contribution in [1.29, 1.82) is 0 Å². The van der Waals surface area contributed by atoms with Gasteiger partial charge in [-0.2, -0.15) is 5.10 Å². The van der Waals surface area contributed by atoms with Crippen molar-refractivity contribution in [3.8, 4) is 5.75 Å². The van der Waals surface area contributed by atoms with Gasteiger partial charge in [0.2, 0.25) is 0 Å². The molecule has 0 saturated carbocycles. The highest BCUT2D eigenvalue weighted by molar-refractivity contribution is 6.39. The van der Waals surface area contributed by atoms with Gasteiger partial charge in [-0.05, 0) is 30.2 Å². The predicted octanol–water partition coefficient (Wildman–Crippen LogP) is 1.62. The number of carbonyl (C=O) groups excluding carboxylic acids is 1. The summed E-state index contributed by atoms with van der Waals surface area (Å²) in [6.45, 7) is 2.81. The molecule has 1 saturated heterocycles. The van der Waals surface area contributed by atoms with Crippen LogP contribution in [0.3, 0.4) is 0 Å². The van der Waals surface area contributed by atoms with Gasteiger partial charge in [-0.1, -0.05) is 6.92 Å². The number of hydrogen-bond donors (Lipinski definition) is 2. The van der Waals surface area contributed by atoms with Crippen molar-refractivity contribution in [3.05, 3.63) is 24.3 Å². The number of methoxy groups -OCH3 is 1. The summed E-state index contributed by atoms with van der Waals surface area (Å²) in [5.41, 5.74) is 4.26. The fraction of sp³-hybridized carbons (Fsp3) is 0.385. The number of nitrogens with one attached hydrogen (secondary N) is 2. The normalized spacial score (nSPS) is 21.6. The van der Waals surface area contributed by atoms with E-state index >= 15 is 0 Å². The molecule has 18 heavy (non-hydrogen) atoms. The molecule has 1 amide bonds. The van der Waals surface area contributed by atoms with Crippen LogP contribution < -0.4 is 15.5 Å². The van der Waals surface area contributed by atoms with Gasteiger partial charge >= 0.3 is 0 Å². The summed E-state index contributed by atoms with van der Waals surface area (Å²) in [5, 5.41) is 6.96. The van der Waals surface area contributed by atoms with Crippen molar-refractivity contribution >= 4 is 17.3 Å². The molecule has 5 heteroatoms. The van der Waals surface area contributed by atoms with E-state index in [1.807, 2.05) is 24.3 Å². The van der Waals surface area contributed by atoms with E-state index < -0.39 is 0 Å². The number of ether oxygens (including phenoxy) is 1. The molecule has 1 aromatic carbocycles. The minimum absolute atomic E-state index is 0.0888. The largest absolute Gasteiger partial charge is 0.497 e. The lowest BCUT2D eigenvalue weighted by molar-refractivity contribution is -0.115. The van der Waals surface area contributed by atoms with Gasteiger partial charge in [0.25, 0.3) is 5.91 Å². The van der Waals surface area contributed by atoms with E-state index in [0.29, 0.717) is 18.1 Å². The smallest absolute Gasteiger partial charge is 0.267 e. The van der Waals surface area contributed by atoms with Crippen molar-refractivity contribution < 1.29 is 9.53 Å². The van der Waals surface area contributed by atoms with Gasteiger partial charge in [0.1, 0.15) is 11.5 Å². The van der Waals surface area contributed by atoms with Crippen LogP contribution in [0.5, 0.6) is 5.75 Å². The summed E-state index contributed by atoms with van der Waals surface area (Å²) in [6.07, 6.45) is 0.703. The minimum Gasteiger partial charge on any atom is -0.497 e. The van der Waals surface area contributed by atoms with Gasteiger partial charge < -0.3 is 10.1 Å². The number of nitrogens with zero attached hydrogens (tertiary/aromatic N) is 1. The maximum atomic E-state index is 11.6. The molecule has 0 aromatic heterocycles. The van der Waals surface area contributed by atoms with Crippen LogP contribution in [0.4, 0.5) is 5.69 Å². The fourth-order valence-electron chi connectivity index (χ4n) is 1.76. The molecule has 2 N–H and O–H groups in total. The second kappa shape index (κ2) is 5.53. The Labute approximate surface area is 106 Å². The van der Waals surface area contributed by atoms with Crippen molar-refractivity contribution in [3.63, 3.8) is 0 Å². The van der Waals surface area contributed by atoms with Crippen LogP contribution >= 0.6 is 0 Å². The van der Waals surface area contributed by atoms with E-state index in [9.17, 15) is 4.79 Å². The molecular weight excluding hydrogens is 230 g/mol. The van der Waals surface area contributed by atoms with Crippen LogP contribution in [0.2, 0.25) is 0 Å². The Bertz CT molecular complexity index is 454. The summed E-state index contributed by atoms with van der Waals surface area (Å²) in [5.74, 6) is 1.13. The molecule has 1 aliphatic heterocycles. The standard InChI is InChI=1S/C13H17N3O2/c1-9-7-12(13(17)14-8-9)16-15-10-3-5-11(18-2)6-4-10/h3-6,9,15H,7-8H2,1-2H3,(H,14,17)/b16-12-/t9-/m1/s1. The molecule has 96 valence electrons. The molecule has 1 atom stereocenters. The summed E-state index contributed by atoms with van der Waals surface area (Å²) < 4.78 is 5.07. The van der Waals surface area contributed by atoms with E-state index in [-0.39, 0.29) is 5.91 Å². The highest BCUT2D eigenvalue weighted by atomic mass is 16.5. The number of carbonyl (C=O) groups is 1. The maximum absolute atomic E-state index is 11.6. The average Bonchev–Trinajstić information content (AvgIpc) is 2.40. The highest BCUT2D eigenvalue weighted by Crippen LogP contribution is 2.15. The first-order chi connectivity index (χ1) is 8.69. The van der Waals surface area contributed by atoms with Crippen LogP contribution in [-0.4, -0.2) is 25.3 Å². The Morgan fingerprint density at radius 3 is 2.78 bits per heavy atom. The molecule has 0 unspecified atom stereocenters. The molecule has 1 fully saturated rings. The average molecular weight is 247 g/mol. The second-order valence-electron chi connectivity index (χ2n) is 4.42. The van der Waals surface area contributed by atoms with Gasteiger partial charge in [0.15, 0.2) is 0 Å². The fourth-order valence-corrected chi connectivity index (χ4v) is 1.76. The molecule has 1 aromatic rings. The van der Waals surface area contributed by atoms with Crippen LogP contribution in [-0.2, 0) is 4.79 Å². The number of piperidine rings is 1. The quantitative estimate of drug-likeness (QED) is 0.798. The molecule has 0 bridgehead atoms. The second-order valence-corrected chi connectivity index (χ2v) is 4.42. The van der Waals surface area contributed by atoms with Crippen molar-refractivity contribution in [1.82, 2.24) is 5.32 Å². The van der Waals surface area contributed by atoms with Crippen molar-refractivity contribution in [2.75, 3.05) is 19.1 Å². The number of amides is 1. The van der Waals surface area contributed by atoms with Gasteiger partial charge in [-0.25, -0.2) is 0 Å². The zero-order valence-corrected chi connectivity index (χ0v) is 10.6. The number of anilines is 1. The zero-order valence-electron chi connectivity index (χ0n) is 10.6. The first-order valence-corrected chi connectivity index (χ1v) is 5.94. The summed E-state index contributed by atoms with van der Waals surface area (Å²) in [4.78, 5) is 11.6. The number of hydrogen-bond acceptors (Lipinski definition) is 4. The Kier molecular flexibility index (Phi) is 3.82. The van der Waals surface area contributed by atoms with Crippen molar-refractivity contribution in [2.45, 2.75) is 13.3 Å². The van der Waals surface area contributed by atoms with E-state index in [0.717, 1.165) is 18.0 Å². The third kappa shape index (κ3) is 3.00. The van der Waals surface area contributed by atoms with Crippen LogP contribution in [0, 0.1) is 5.92 Å². The first-order valence-electron chi connectivity index (χ1n) is 5.94. The molecule has 0 aliphatic carbocycles. The predicted molar refractivity (Wildman–Crippen MR) is 70.8 cm³/mol. The Morgan fingerprint density at radius 2 is 2.11 bits per heavy atom. The lowest BCUT2D eigenvalue weighted by atomic mass is 10.00. The molecular formula is C13H17N3O2. The molecule has 0 radical (unpaired) electrons. The van der Waals surface area contributed by atoms with Crippen LogP contribution in [0.15, 0.2) is 29.4 Å². The Hall–Kier alpha value is -2.04. The monoisotopic (exact) mass is 247 g/mol. The minimum atomic E-state index is -0.0888. The zero-order chi connectivity index (χ0) is 13.0. The molecule has 0 spiro atoms. The SMILES string of the molecule is COc1ccc(N/N=C2/C[C@@H](C)CNC2=O)cc1. The van der Waals surface area contributed by atoms with E-state index in [4.69, 9.17) is 4.74 Å². The molecule has 1 heterocycles. The molecule has 5 nitrogen and oxygen atoms in total. The molecule has 1 aliphatic rings. The third-order valence-corrected chi connectivity index (χ3v) is 2.82. The van der Waals surface area contributed by atoms with Gasteiger partial charge in [-0.3, -0.25) is 10.2 Å². The lowest BCUT2D eigenvalue weighted by Gasteiger charge is -2.19. The first kappa shape index (κ1) is 12.4. The van der Waals surface area contributed by atoms with Crippen LogP contribution in [0.1, 0.15) is 13.3 Å². The Balaban J connectivity index is 2.02. The van der Waals surface area contributed by atoms with Gasteiger partial charge in [-0.15, -0.1) is 0 Å². The lowest BCUT2D eigenvalue weighted by Crippen LogP contribution is -2.41. The van der Waals surface area contributed by atoms with Gasteiger partial charge in [0, 0.05) is 13.0 Å². The highest BCUT2D eigenvalue weighted by Gasteiger charge is 2.21. The third-order valence-electron chi connectivity index (χ3n) is 2.82. The summed E-state index contributed by atoms with van der Waals surface area (Å²) in [6, 6.07) is 7.39. The number of rotatable bonds is 3. The van der Waals surface area contributed by atoms with E-state index in [1.165, 1.54) is 0 Å². The topological polar surface area (TPSA) is 62.7 Å². The maximum Gasteiger partial charge on any atom is 0.267 e. The van der Waals surface area contributed by atoms with Crippen LogP contribution in [0.25, 0.3) is 0 Å². The van der Waals surface area contributed by atoms with E-state index in [1.54, 1.807) is 7.11 Å². The number of hydrazone groups is 1. The number of benzene rings is 1. The Morgan fingerprint density at radius 1 is 1.39 bits per heavy atom. The van der Waals surface area contributed by atoms with E-state index in [2.05, 4.69) is 22.8 Å². The summed E-state index contributed by atoms with van der Waals surface area (Å²) >= 11 is 0. The van der Waals surface area contributed by atoms with Crippen molar-refractivity contribution in [2.24, 2.45) is 11.0 Å².